The third kappa shape index (κ3) is 3.46. The van der Waals surface area contributed by atoms with Gasteiger partial charge in [0.1, 0.15) is 5.69 Å². The van der Waals surface area contributed by atoms with E-state index in [0.717, 1.165) is 36.5 Å². The highest BCUT2D eigenvalue weighted by atomic mass is 16.1. The summed E-state index contributed by atoms with van der Waals surface area (Å²) in [6, 6.07) is 3.84. The lowest BCUT2D eigenvalue weighted by Gasteiger charge is -2.05. The van der Waals surface area contributed by atoms with Crippen molar-refractivity contribution in [1.82, 2.24) is 25.3 Å². The van der Waals surface area contributed by atoms with Crippen molar-refractivity contribution in [3.8, 4) is 0 Å². The number of rotatable bonds is 6. The number of hydrogen-bond donors (Lipinski definition) is 2. The van der Waals surface area contributed by atoms with Crippen LogP contribution in [0.1, 0.15) is 40.9 Å². The first-order valence-electron chi connectivity index (χ1n) is 6.93. The van der Waals surface area contributed by atoms with Crippen molar-refractivity contribution in [2.45, 2.75) is 40.2 Å². The Morgan fingerprint density at radius 1 is 1.40 bits per heavy atom. The van der Waals surface area contributed by atoms with E-state index >= 15 is 0 Å². The summed E-state index contributed by atoms with van der Waals surface area (Å²) in [5.74, 6) is -0.130. The third-order valence-corrected chi connectivity index (χ3v) is 3.18. The average Bonchev–Trinajstić information content (AvgIpc) is 3.01. The maximum absolute atomic E-state index is 11.8. The predicted molar refractivity (Wildman–Crippen MR) is 76.6 cm³/mol. The van der Waals surface area contributed by atoms with Crippen molar-refractivity contribution in [3.63, 3.8) is 0 Å². The monoisotopic (exact) mass is 275 g/mol. The number of hydrogen-bond acceptors (Lipinski definition) is 3. The Bertz CT molecular complexity index is 584. The molecule has 0 atom stereocenters. The number of nitrogens with zero attached hydrogens (tertiary/aromatic N) is 3. The molecule has 2 rings (SSSR count). The molecular formula is C14H21N5O. The second-order valence-electron chi connectivity index (χ2n) is 4.89. The summed E-state index contributed by atoms with van der Waals surface area (Å²) < 4.78 is 1.96. The zero-order valence-electron chi connectivity index (χ0n) is 12.2. The van der Waals surface area contributed by atoms with Crippen LogP contribution < -0.4 is 5.32 Å². The van der Waals surface area contributed by atoms with Gasteiger partial charge >= 0.3 is 0 Å². The zero-order chi connectivity index (χ0) is 14.5. The van der Waals surface area contributed by atoms with Crippen molar-refractivity contribution >= 4 is 5.91 Å². The second kappa shape index (κ2) is 6.36. The minimum Gasteiger partial charge on any atom is -0.351 e. The molecule has 2 aromatic rings. The summed E-state index contributed by atoms with van der Waals surface area (Å²) in [7, 11) is 0. The molecule has 0 saturated heterocycles. The maximum Gasteiger partial charge on any atom is 0.271 e. The van der Waals surface area contributed by atoms with Crippen molar-refractivity contribution in [3.05, 3.63) is 34.9 Å². The Morgan fingerprint density at radius 3 is 2.80 bits per heavy atom. The van der Waals surface area contributed by atoms with Gasteiger partial charge in [0, 0.05) is 24.5 Å². The van der Waals surface area contributed by atoms with E-state index in [2.05, 4.69) is 26.7 Å². The van der Waals surface area contributed by atoms with Crippen LogP contribution in [0.5, 0.6) is 0 Å². The van der Waals surface area contributed by atoms with E-state index in [1.54, 1.807) is 6.07 Å². The van der Waals surface area contributed by atoms with Crippen LogP contribution in [0.4, 0.5) is 0 Å². The highest BCUT2D eigenvalue weighted by Gasteiger charge is 2.09. The van der Waals surface area contributed by atoms with E-state index < -0.39 is 0 Å². The molecule has 0 radical (unpaired) electrons. The number of aryl methyl sites for hydroxylation is 4. The van der Waals surface area contributed by atoms with Crippen LogP contribution in [0.15, 0.2) is 12.1 Å². The maximum atomic E-state index is 11.8. The van der Waals surface area contributed by atoms with Crippen LogP contribution in [0.2, 0.25) is 0 Å². The zero-order valence-corrected chi connectivity index (χ0v) is 12.2. The lowest BCUT2D eigenvalue weighted by Crippen LogP contribution is -2.25. The molecule has 0 spiro atoms. The summed E-state index contributed by atoms with van der Waals surface area (Å²) in [5, 5.41) is 14.1. The van der Waals surface area contributed by atoms with Gasteiger partial charge in [0.25, 0.3) is 5.91 Å². The lowest BCUT2D eigenvalue weighted by molar-refractivity contribution is 0.0947. The Kier molecular flexibility index (Phi) is 4.55. The molecule has 6 nitrogen and oxygen atoms in total. The molecule has 0 aliphatic heterocycles. The van der Waals surface area contributed by atoms with Gasteiger partial charge in [-0.05, 0) is 38.8 Å². The van der Waals surface area contributed by atoms with Crippen molar-refractivity contribution in [1.29, 1.82) is 0 Å². The smallest absolute Gasteiger partial charge is 0.271 e. The first-order valence-corrected chi connectivity index (χ1v) is 6.93. The standard InChI is InChI=1S/C14H21N5O/c1-4-12-9-13(17-16-12)14(20)15-6-5-7-19-11(3)8-10(2)18-19/h8-9H,4-7H2,1-3H3,(H,15,20)(H,16,17). The average molecular weight is 275 g/mol. The van der Waals surface area contributed by atoms with Gasteiger partial charge in [-0.1, -0.05) is 6.92 Å². The van der Waals surface area contributed by atoms with E-state index in [1.807, 2.05) is 25.5 Å². The normalized spacial score (nSPS) is 10.8. The van der Waals surface area contributed by atoms with Gasteiger partial charge in [0.2, 0.25) is 0 Å². The minimum absolute atomic E-state index is 0.130. The van der Waals surface area contributed by atoms with Gasteiger partial charge in [-0.2, -0.15) is 10.2 Å². The topological polar surface area (TPSA) is 75.6 Å². The van der Waals surface area contributed by atoms with Crippen LogP contribution in [0.3, 0.4) is 0 Å². The number of aromatic amines is 1. The summed E-state index contributed by atoms with van der Waals surface area (Å²) >= 11 is 0. The molecule has 0 fully saturated rings. The van der Waals surface area contributed by atoms with Crippen LogP contribution in [-0.4, -0.2) is 32.4 Å². The van der Waals surface area contributed by atoms with Gasteiger partial charge in [0.15, 0.2) is 0 Å². The number of H-pyrrole nitrogens is 1. The van der Waals surface area contributed by atoms with E-state index in [-0.39, 0.29) is 5.91 Å². The van der Waals surface area contributed by atoms with Crippen molar-refractivity contribution in [2.75, 3.05) is 6.54 Å². The van der Waals surface area contributed by atoms with Gasteiger partial charge in [0.05, 0.1) is 5.69 Å². The van der Waals surface area contributed by atoms with E-state index in [1.165, 1.54) is 0 Å². The SMILES string of the molecule is CCc1cc(C(=O)NCCCn2nc(C)cc2C)n[nH]1. The molecular weight excluding hydrogens is 254 g/mol. The second-order valence-corrected chi connectivity index (χ2v) is 4.89. The van der Waals surface area contributed by atoms with E-state index in [4.69, 9.17) is 0 Å². The molecule has 0 bridgehead atoms. The Hall–Kier alpha value is -2.11. The highest BCUT2D eigenvalue weighted by Crippen LogP contribution is 2.03. The Labute approximate surface area is 118 Å². The molecule has 0 saturated carbocycles. The van der Waals surface area contributed by atoms with Gasteiger partial charge < -0.3 is 5.32 Å². The molecule has 0 aromatic carbocycles. The number of amides is 1. The molecule has 6 heteroatoms. The fourth-order valence-corrected chi connectivity index (χ4v) is 2.08. The first-order chi connectivity index (χ1) is 9.60. The van der Waals surface area contributed by atoms with E-state index in [9.17, 15) is 4.79 Å². The van der Waals surface area contributed by atoms with Crippen molar-refractivity contribution in [2.24, 2.45) is 0 Å². The molecule has 0 unspecified atom stereocenters. The first kappa shape index (κ1) is 14.3. The quantitative estimate of drug-likeness (QED) is 0.786. The summed E-state index contributed by atoms with van der Waals surface area (Å²) in [6.45, 7) is 7.46. The number of nitrogens with one attached hydrogen (secondary N) is 2. The van der Waals surface area contributed by atoms with Gasteiger partial charge in [-0.25, -0.2) is 0 Å². The minimum atomic E-state index is -0.130. The molecule has 20 heavy (non-hydrogen) atoms. The number of carbonyl (C=O) groups excluding carboxylic acids is 1. The fourth-order valence-electron chi connectivity index (χ4n) is 2.08. The van der Waals surface area contributed by atoms with Crippen LogP contribution in [-0.2, 0) is 13.0 Å². The van der Waals surface area contributed by atoms with E-state index in [0.29, 0.717) is 12.2 Å². The summed E-state index contributed by atoms with van der Waals surface area (Å²) in [4.78, 5) is 11.8. The van der Waals surface area contributed by atoms with Crippen LogP contribution >= 0.6 is 0 Å². The number of carbonyl (C=O) groups is 1. The molecule has 0 aliphatic carbocycles. The van der Waals surface area contributed by atoms with Crippen LogP contribution in [0.25, 0.3) is 0 Å². The molecule has 108 valence electrons. The molecule has 0 aliphatic rings. The fraction of sp³-hybridized carbons (Fsp3) is 0.500. The Balaban J connectivity index is 1.75. The summed E-state index contributed by atoms with van der Waals surface area (Å²) in [5.41, 5.74) is 3.59. The van der Waals surface area contributed by atoms with Crippen LogP contribution in [0, 0.1) is 13.8 Å². The number of aromatic nitrogens is 4. The highest BCUT2D eigenvalue weighted by molar-refractivity contribution is 5.92. The molecule has 2 aromatic heterocycles. The Morgan fingerprint density at radius 2 is 2.20 bits per heavy atom. The lowest BCUT2D eigenvalue weighted by atomic mass is 10.3. The molecule has 2 N–H and O–H groups in total. The third-order valence-electron chi connectivity index (χ3n) is 3.18. The molecule has 1 amide bonds. The van der Waals surface area contributed by atoms with Gasteiger partial charge in [-0.3, -0.25) is 14.6 Å². The largest absolute Gasteiger partial charge is 0.351 e. The summed E-state index contributed by atoms with van der Waals surface area (Å²) in [6.07, 6.45) is 1.69. The van der Waals surface area contributed by atoms with Crippen molar-refractivity contribution < 1.29 is 4.79 Å². The predicted octanol–water partition coefficient (Wildman–Crippen LogP) is 1.61. The molecule has 2 heterocycles. The van der Waals surface area contributed by atoms with Gasteiger partial charge in [-0.15, -0.1) is 0 Å².